The maximum atomic E-state index is 12.1. The molecule has 3 rings (SSSR count). The lowest BCUT2D eigenvalue weighted by molar-refractivity contribution is 0.0341. The predicted molar refractivity (Wildman–Crippen MR) is 142 cm³/mol. The van der Waals surface area contributed by atoms with Crippen molar-refractivity contribution >= 4 is 36.0 Å². The topological polar surface area (TPSA) is 78.4 Å². The molecular formula is C24H40IN5O3. The van der Waals surface area contributed by atoms with Crippen LogP contribution < -0.4 is 10.6 Å². The monoisotopic (exact) mass is 573 g/mol. The third kappa shape index (κ3) is 9.29. The molecule has 2 N–H and O–H groups in total. The van der Waals surface area contributed by atoms with Gasteiger partial charge in [-0.1, -0.05) is 24.3 Å². The van der Waals surface area contributed by atoms with Crippen molar-refractivity contribution in [2.75, 3.05) is 45.9 Å². The average Bonchev–Trinajstić information content (AvgIpc) is 3.19. The summed E-state index contributed by atoms with van der Waals surface area (Å²) in [7, 11) is 0. The summed E-state index contributed by atoms with van der Waals surface area (Å²) in [5.74, 6) is 0.891. The number of guanidine groups is 1. The summed E-state index contributed by atoms with van der Waals surface area (Å²) in [6.45, 7) is 15.2. The predicted octanol–water partition coefficient (Wildman–Crippen LogP) is 3.20. The Hall–Kier alpha value is -1.59. The highest BCUT2D eigenvalue weighted by Crippen LogP contribution is 2.16. The molecule has 0 aromatic heterocycles. The molecule has 2 aliphatic heterocycles. The summed E-state index contributed by atoms with van der Waals surface area (Å²) in [4.78, 5) is 21.7. The number of aliphatic imine (C=N–C) groups is 1. The molecule has 1 aromatic carbocycles. The first-order valence-electron chi connectivity index (χ1n) is 11.7. The summed E-state index contributed by atoms with van der Waals surface area (Å²) in [6, 6.07) is 8.60. The first-order valence-corrected chi connectivity index (χ1v) is 11.7. The average molecular weight is 574 g/mol. The number of halogens is 1. The molecule has 0 saturated carbocycles. The Balaban J connectivity index is 0.00000385. The van der Waals surface area contributed by atoms with Gasteiger partial charge >= 0.3 is 6.09 Å². The lowest BCUT2D eigenvalue weighted by Gasteiger charge is -2.27. The van der Waals surface area contributed by atoms with E-state index in [1.54, 1.807) is 0 Å². The Bertz CT molecular complexity index is 778. The Morgan fingerprint density at radius 1 is 1.18 bits per heavy atom. The van der Waals surface area contributed by atoms with Gasteiger partial charge in [-0.15, -0.1) is 24.0 Å². The number of hydrogen-bond donors (Lipinski definition) is 2. The number of nitrogens with zero attached hydrogens (tertiary/aromatic N) is 3. The van der Waals surface area contributed by atoms with Gasteiger partial charge in [-0.3, -0.25) is 4.90 Å². The van der Waals surface area contributed by atoms with Crippen LogP contribution in [0.15, 0.2) is 29.3 Å². The van der Waals surface area contributed by atoms with Crippen molar-refractivity contribution in [1.29, 1.82) is 0 Å². The molecule has 33 heavy (non-hydrogen) atoms. The molecule has 2 aliphatic rings. The largest absolute Gasteiger partial charge is 0.444 e. The summed E-state index contributed by atoms with van der Waals surface area (Å²) < 4.78 is 10.9. The number of hydrogen-bond acceptors (Lipinski definition) is 5. The Labute approximate surface area is 215 Å². The number of carbonyl (C=O) groups excluding carboxylic acids is 1. The lowest BCUT2D eigenvalue weighted by Crippen LogP contribution is -2.44. The zero-order valence-electron chi connectivity index (χ0n) is 20.4. The van der Waals surface area contributed by atoms with Crippen LogP contribution in [-0.2, 0) is 22.6 Å². The van der Waals surface area contributed by atoms with E-state index in [1.807, 2.05) is 20.8 Å². The number of alkyl carbamates (subject to hydrolysis) is 1. The number of likely N-dealkylation sites (tertiary alicyclic amines) is 1. The minimum Gasteiger partial charge on any atom is -0.444 e. The standard InChI is InChI=1S/C24H39N5O3.HI/c1-5-25-22(29-11-10-21(18-29)27-23(30)32-24(2,3)4)26-16-19-8-6-7-9-20(19)17-28-12-14-31-15-13-28;/h6-9,21H,5,10-18H2,1-4H3,(H,25,26)(H,27,30);1H. The normalized spacial score (nSPS) is 19.7. The fraction of sp³-hybridized carbons (Fsp3) is 0.667. The van der Waals surface area contributed by atoms with E-state index in [0.29, 0.717) is 6.54 Å². The quantitative estimate of drug-likeness (QED) is 0.309. The van der Waals surface area contributed by atoms with Crippen molar-refractivity contribution in [3.8, 4) is 0 Å². The summed E-state index contributed by atoms with van der Waals surface area (Å²) in [5, 5.41) is 6.40. The molecule has 0 spiro atoms. The van der Waals surface area contributed by atoms with Crippen molar-refractivity contribution in [3.63, 3.8) is 0 Å². The van der Waals surface area contributed by atoms with Crippen LogP contribution in [0.5, 0.6) is 0 Å². The molecule has 2 saturated heterocycles. The smallest absolute Gasteiger partial charge is 0.407 e. The van der Waals surface area contributed by atoms with E-state index in [1.165, 1.54) is 11.1 Å². The summed E-state index contributed by atoms with van der Waals surface area (Å²) in [5.41, 5.74) is 2.07. The number of morpholine rings is 1. The molecule has 2 heterocycles. The van der Waals surface area contributed by atoms with Crippen LogP contribution in [-0.4, -0.2) is 79.4 Å². The van der Waals surface area contributed by atoms with Crippen LogP contribution in [0.2, 0.25) is 0 Å². The molecule has 9 heteroatoms. The molecule has 0 radical (unpaired) electrons. The number of rotatable bonds is 6. The van der Waals surface area contributed by atoms with Gasteiger partial charge in [0.2, 0.25) is 0 Å². The molecular weight excluding hydrogens is 533 g/mol. The zero-order valence-corrected chi connectivity index (χ0v) is 22.8. The molecule has 2 fully saturated rings. The van der Waals surface area contributed by atoms with E-state index in [9.17, 15) is 4.79 Å². The van der Waals surface area contributed by atoms with Crippen molar-refractivity contribution in [2.24, 2.45) is 4.99 Å². The maximum Gasteiger partial charge on any atom is 0.407 e. The SMILES string of the molecule is CCNC(=NCc1ccccc1CN1CCOCC1)N1CCC(NC(=O)OC(C)(C)C)C1.I. The first-order chi connectivity index (χ1) is 15.3. The van der Waals surface area contributed by atoms with Crippen LogP contribution in [0, 0.1) is 0 Å². The highest BCUT2D eigenvalue weighted by molar-refractivity contribution is 14.0. The van der Waals surface area contributed by atoms with Gasteiger partial charge in [0.1, 0.15) is 5.60 Å². The van der Waals surface area contributed by atoms with Crippen LogP contribution >= 0.6 is 24.0 Å². The van der Waals surface area contributed by atoms with Gasteiger partial charge in [-0.05, 0) is 45.2 Å². The van der Waals surface area contributed by atoms with Crippen molar-refractivity contribution in [1.82, 2.24) is 20.4 Å². The van der Waals surface area contributed by atoms with Gasteiger partial charge in [0.25, 0.3) is 0 Å². The third-order valence-corrected chi connectivity index (χ3v) is 5.56. The first kappa shape index (κ1) is 27.7. The van der Waals surface area contributed by atoms with Gasteiger partial charge < -0.3 is 25.0 Å². The van der Waals surface area contributed by atoms with E-state index in [0.717, 1.165) is 64.9 Å². The van der Waals surface area contributed by atoms with E-state index in [2.05, 4.69) is 51.6 Å². The number of carbonyl (C=O) groups is 1. The van der Waals surface area contributed by atoms with Gasteiger partial charge in [0, 0.05) is 39.3 Å². The molecule has 8 nitrogen and oxygen atoms in total. The number of amides is 1. The van der Waals surface area contributed by atoms with E-state index in [-0.39, 0.29) is 36.1 Å². The Morgan fingerprint density at radius 2 is 1.88 bits per heavy atom. The maximum absolute atomic E-state index is 12.1. The summed E-state index contributed by atoms with van der Waals surface area (Å²) in [6.07, 6.45) is 0.514. The fourth-order valence-electron chi connectivity index (χ4n) is 4.00. The highest BCUT2D eigenvalue weighted by Gasteiger charge is 2.28. The number of ether oxygens (including phenoxy) is 2. The molecule has 1 unspecified atom stereocenters. The van der Waals surface area contributed by atoms with E-state index >= 15 is 0 Å². The van der Waals surface area contributed by atoms with Crippen molar-refractivity contribution < 1.29 is 14.3 Å². The van der Waals surface area contributed by atoms with E-state index < -0.39 is 5.60 Å². The molecule has 0 bridgehead atoms. The number of benzene rings is 1. The minimum absolute atomic E-state index is 0. The van der Waals surface area contributed by atoms with Gasteiger partial charge in [-0.2, -0.15) is 0 Å². The van der Waals surface area contributed by atoms with Crippen LogP contribution in [0.4, 0.5) is 4.79 Å². The highest BCUT2D eigenvalue weighted by atomic mass is 127. The zero-order chi connectivity index (χ0) is 23.0. The van der Waals surface area contributed by atoms with Crippen LogP contribution in [0.3, 0.4) is 0 Å². The van der Waals surface area contributed by atoms with E-state index in [4.69, 9.17) is 14.5 Å². The van der Waals surface area contributed by atoms with Crippen molar-refractivity contribution in [2.45, 2.75) is 58.8 Å². The lowest BCUT2D eigenvalue weighted by atomic mass is 10.1. The molecule has 1 amide bonds. The molecule has 1 atom stereocenters. The van der Waals surface area contributed by atoms with Gasteiger partial charge in [0.15, 0.2) is 5.96 Å². The van der Waals surface area contributed by atoms with Crippen LogP contribution in [0.25, 0.3) is 0 Å². The second-order valence-corrected chi connectivity index (χ2v) is 9.41. The Morgan fingerprint density at radius 3 is 2.55 bits per heavy atom. The molecule has 186 valence electrons. The van der Waals surface area contributed by atoms with Crippen LogP contribution in [0.1, 0.15) is 45.2 Å². The molecule has 1 aromatic rings. The third-order valence-electron chi connectivity index (χ3n) is 5.56. The fourth-order valence-corrected chi connectivity index (χ4v) is 4.00. The Kier molecular flexibility index (Phi) is 11.2. The second kappa shape index (κ2) is 13.3. The van der Waals surface area contributed by atoms with Gasteiger partial charge in [0.05, 0.1) is 25.8 Å². The molecule has 0 aliphatic carbocycles. The van der Waals surface area contributed by atoms with Gasteiger partial charge in [-0.25, -0.2) is 9.79 Å². The summed E-state index contributed by atoms with van der Waals surface area (Å²) >= 11 is 0. The second-order valence-electron chi connectivity index (χ2n) is 9.41. The minimum atomic E-state index is -0.493. The van der Waals surface area contributed by atoms with Crippen molar-refractivity contribution in [3.05, 3.63) is 35.4 Å². The number of nitrogens with one attached hydrogen (secondary N) is 2.